The number of hydrogen-bond acceptors (Lipinski definition) is 4. The van der Waals surface area contributed by atoms with Crippen molar-refractivity contribution in [2.45, 2.75) is 51.5 Å². The lowest BCUT2D eigenvalue weighted by Crippen LogP contribution is -2.03. The van der Waals surface area contributed by atoms with E-state index in [9.17, 15) is 0 Å². The third-order valence-electron chi connectivity index (χ3n) is 2.49. The molecule has 0 unspecified atom stereocenters. The van der Waals surface area contributed by atoms with Gasteiger partial charge in [0.25, 0.3) is 0 Å². The summed E-state index contributed by atoms with van der Waals surface area (Å²) in [7, 11) is 0. The molecule has 1 rings (SSSR count). The molecule has 0 saturated carbocycles. The van der Waals surface area contributed by atoms with Crippen molar-refractivity contribution < 1.29 is 0 Å². The van der Waals surface area contributed by atoms with Crippen LogP contribution in [0.4, 0.5) is 5.82 Å². The number of aromatic nitrogens is 2. The zero-order chi connectivity index (χ0) is 12.0. The number of nitrogens with two attached hydrogens (primary N) is 1. The van der Waals surface area contributed by atoms with Crippen molar-refractivity contribution in [3.05, 3.63) is 11.4 Å². The molecule has 3 nitrogen and oxygen atoms in total. The Balaban J connectivity index is 2.66. The van der Waals surface area contributed by atoms with Gasteiger partial charge in [-0.1, -0.05) is 26.7 Å². The number of anilines is 1. The Labute approximate surface area is 102 Å². The number of unbranched alkanes of at least 4 members (excludes halogenated alkanes) is 2. The summed E-state index contributed by atoms with van der Waals surface area (Å²) >= 11 is 1.80. The number of rotatable bonds is 6. The van der Waals surface area contributed by atoms with Crippen molar-refractivity contribution in [2.75, 3.05) is 11.5 Å². The third kappa shape index (κ3) is 3.67. The molecule has 1 aromatic rings. The minimum absolute atomic E-state index is 0.629. The van der Waals surface area contributed by atoms with Gasteiger partial charge in [0.1, 0.15) is 16.7 Å². The lowest BCUT2D eigenvalue weighted by atomic mass is 10.3. The van der Waals surface area contributed by atoms with E-state index < -0.39 is 0 Å². The van der Waals surface area contributed by atoms with Crippen molar-refractivity contribution in [3.8, 4) is 0 Å². The molecule has 0 amide bonds. The van der Waals surface area contributed by atoms with Gasteiger partial charge in [-0.3, -0.25) is 0 Å². The third-order valence-corrected chi connectivity index (χ3v) is 3.65. The Morgan fingerprint density at radius 2 is 1.94 bits per heavy atom. The van der Waals surface area contributed by atoms with E-state index in [-0.39, 0.29) is 0 Å². The molecule has 0 saturated heterocycles. The van der Waals surface area contributed by atoms with E-state index >= 15 is 0 Å². The summed E-state index contributed by atoms with van der Waals surface area (Å²) in [5, 5.41) is 1.06. The van der Waals surface area contributed by atoms with Gasteiger partial charge in [0.15, 0.2) is 0 Å². The van der Waals surface area contributed by atoms with Crippen LogP contribution in [0, 0.1) is 6.92 Å². The molecule has 1 aromatic heterocycles. The fourth-order valence-electron chi connectivity index (χ4n) is 1.38. The quantitative estimate of drug-likeness (QED) is 0.470. The predicted molar refractivity (Wildman–Crippen MR) is 70.8 cm³/mol. The molecule has 0 aliphatic carbocycles. The summed E-state index contributed by atoms with van der Waals surface area (Å²) in [6.45, 7) is 6.26. The number of aryl methyl sites for hydroxylation is 1. The van der Waals surface area contributed by atoms with E-state index in [0.29, 0.717) is 5.82 Å². The van der Waals surface area contributed by atoms with E-state index in [1.165, 1.54) is 19.3 Å². The predicted octanol–water partition coefficient (Wildman–Crippen LogP) is 3.21. The minimum atomic E-state index is 0.629. The van der Waals surface area contributed by atoms with Crippen molar-refractivity contribution in [2.24, 2.45) is 0 Å². The van der Waals surface area contributed by atoms with Crippen LogP contribution in [0.5, 0.6) is 0 Å². The van der Waals surface area contributed by atoms with Crippen molar-refractivity contribution in [1.82, 2.24) is 9.97 Å². The van der Waals surface area contributed by atoms with Crippen molar-refractivity contribution in [3.63, 3.8) is 0 Å². The van der Waals surface area contributed by atoms with Gasteiger partial charge in [-0.05, 0) is 19.1 Å². The molecule has 0 atom stereocenters. The number of nitrogen functional groups attached to an aromatic ring is 1. The van der Waals surface area contributed by atoms with Crippen LogP contribution in [-0.4, -0.2) is 15.7 Å². The second kappa shape index (κ2) is 6.74. The van der Waals surface area contributed by atoms with Crippen LogP contribution < -0.4 is 5.73 Å². The molecule has 0 aromatic carbocycles. The lowest BCUT2D eigenvalue weighted by Gasteiger charge is -2.08. The van der Waals surface area contributed by atoms with E-state index in [1.54, 1.807) is 11.8 Å². The zero-order valence-electron chi connectivity index (χ0n) is 10.4. The molecule has 2 N–H and O–H groups in total. The van der Waals surface area contributed by atoms with E-state index in [0.717, 1.165) is 28.6 Å². The standard InChI is InChI=1S/C12H21N3S/c1-4-6-7-8-16-12-9(3)11(13)14-10(5-2)15-12/h4-8H2,1-3H3,(H2,13,14,15). The Morgan fingerprint density at radius 1 is 1.19 bits per heavy atom. The number of hydrogen-bond donors (Lipinski definition) is 1. The molecule has 0 bridgehead atoms. The molecular weight excluding hydrogens is 218 g/mol. The molecule has 4 heteroatoms. The maximum atomic E-state index is 5.86. The molecule has 16 heavy (non-hydrogen) atoms. The highest BCUT2D eigenvalue weighted by Crippen LogP contribution is 2.24. The molecule has 0 radical (unpaired) electrons. The van der Waals surface area contributed by atoms with Crippen LogP contribution >= 0.6 is 11.8 Å². The summed E-state index contributed by atoms with van der Waals surface area (Å²) in [5.41, 5.74) is 6.89. The summed E-state index contributed by atoms with van der Waals surface area (Å²) in [4.78, 5) is 8.77. The molecule has 90 valence electrons. The van der Waals surface area contributed by atoms with E-state index in [1.807, 2.05) is 6.92 Å². The molecular formula is C12H21N3S. The molecule has 1 heterocycles. The van der Waals surface area contributed by atoms with Crippen LogP contribution in [0.15, 0.2) is 5.03 Å². The average Bonchev–Trinajstić information content (AvgIpc) is 2.29. The highest BCUT2D eigenvalue weighted by atomic mass is 32.2. The van der Waals surface area contributed by atoms with Gasteiger partial charge in [0.05, 0.1) is 0 Å². The fourth-order valence-corrected chi connectivity index (χ4v) is 2.41. The summed E-state index contributed by atoms with van der Waals surface area (Å²) in [6, 6.07) is 0. The topological polar surface area (TPSA) is 51.8 Å². The first-order valence-corrected chi connectivity index (χ1v) is 6.93. The van der Waals surface area contributed by atoms with Gasteiger partial charge in [-0.25, -0.2) is 9.97 Å². The summed E-state index contributed by atoms with van der Waals surface area (Å²) < 4.78 is 0. The lowest BCUT2D eigenvalue weighted by molar-refractivity contribution is 0.777. The first kappa shape index (κ1) is 13.3. The highest BCUT2D eigenvalue weighted by Gasteiger charge is 2.07. The van der Waals surface area contributed by atoms with Crippen molar-refractivity contribution in [1.29, 1.82) is 0 Å². The maximum Gasteiger partial charge on any atom is 0.131 e. The van der Waals surface area contributed by atoms with Crippen molar-refractivity contribution >= 4 is 17.6 Å². The first-order chi connectivity index (χ1) is 7.69. The SMILES string of the molecule is CCCCCSc1nc(CC)nc(N)c1C. The van der Waals surface area contributed by atoms with Gasteiger partial charge in [0.2, 0.25) is 0 Å². The van der Waals surface area contributed by atoms with Gasteiger partial charge >= 0.3 is 0 Å². The van der Waals surface area contributed by atoms with E-state index in [4.69, 9.17) is 5.73 Å². The Hall–Kier alpha value is -0.770. The second-order valence-corrected chi connectivity index (χ2v) is 4.95. The first-order valence-electron chi connectivity index (χ1n) is 5.94. The molecule has 0 aliphatic rings. The second-order valence-electron chi connectivity index (χ2n) is 3.86. The van der Waals surface area contributed by atoms with Gasteiger partial charge in [-0.15, -0.1) is 11.8 Å². The Kier molecular flexibility index (Phi) is 5.60. The minimum Gasteiger partial charge on any atom is -0.383 e. The summed E-state index contributed by atoms with van der Waals surface area (Å²) in [5.74, 6) is 2.60. The smallest absolute Gasteiger partial charge is 0.131 e. The average molecular weight is 239 g/mol. The van der Waals surface area contributed by atoms with Crippen LogP contribution in [0.25, 0.3) is 0 Å². The van der Waals surface area contributed by atoms with Crippen LogP contribution in [0.1, 0.15) is 44.5 Å². The molecule has 0 fully saturated rings. The van der Waals surface area contributed by atoms with Gasteiger partial charge in [0, 0.05) is 12.0 Å². The Morgan fingerprint density at radius 3 is 2.56 bits per heavy atom. The summed E-state index contributed by atoms with van der Waals surface area (Å²) in [6.07, 6.45) is 4.62. The van der Waals surface area contributed by atoms with Crippen LogP contribution in [0.2, 0.25) is 0 Å². The van der Waals surface area contributed by atoms with Crippen LogP contribution in [-0.2, 0) is 6.42 Å². The molecule has 0 spiro atoms. The molecule has 0 aliphatic heterocycles. The maximum absolute atomic E-state index is 5.86. The van der Waals surface area contributed by atoms with Gasteiger partial charge < -0.3 is 5.73 Å². The number of thioether (sulfide) groups is 1. The number of nitrogens with zero attached hydrogens (tertiary/aromatic N) is 2. The largest absolute Gasteiger partial charge is 0.383 e. The fraction of sp³-hybridized carbons (Fsp3) is 0.667. The Bertz CT molecular complexity index is 339. The van der Waals surface area contributed by atoms with Crippen LogP contribution in [0.3, 0.4) is 0 Å². The monoisotopic (exact) mass is 239 g/mol. The van der Waals surface area contributed by atoms with Gasteiger partial charge in [-0.2, -0.15) is 0 Å². The van der Waals surface area contributed by atoms with E-state index in [2.05, 4.69) is 23.8 Å². The normalized spacial score (nSPS) is 10.7. The highest BCUT2D eigenvalue weighted by molar-refractivity contribution is 7.99. The zero-order valence-corrected chi connectivity index (χ0v) is 11.2.